The first kappa shape index (κ1) is 29.5. The number of unbranched alkanes of at least 4 members (excludes halogenated alkanes) is 1. The highest BCUT2D eigenvalue weighted by Crippen LogP contribution is 2.63. The van der Waals surface area contributed by atoms with Crippen LogP contribution in [0.5, 0.6) is 0 Å². The maximum atomic E-state index is 10.0. The molecule has 32 heavy (non-hydrogen) atoms. The number of aliphatic hydroxyl groups is 1. The minimum absolute atomic E-state index is 0.234. The van der Waals surface area contributed by atoms with Gasteiger partial charge in [-0.15, -0.1) is 0 Å². The van der Waals surface area contributed by atoms with Crippen LogP contribution in [-0.2, 0) is 0 Å². The van der Waals surface area contributed by atoms with Crippen molar-refractivity contribution in [2.75, 3.05) is 0 Å². The molecule has 188 valence electrons. The van der Waals surface area contributed by atoms with Crippen LogP contribution in [0.1, 0.15) is 133 Å². The summed E-state index contributed by atoms with van der Waals surface area (Å²) in [5.41, 5.74) is 3.34. The van der Waals surface area contributed by atoms with Gasteiger partial charge in [-0.3, -0.25) is 0 Å². The van der Waals surface area contributed by atoms with Crippen LogP contribution in [0.2, 0.25) is 0 Å². The van der Waals surface area contributed by atoms with Gasteiger partial charge in [-0.05, 0) is 107 Å². The summed E-state index contributed by atoms with van der Waals surface area (Å²) in [6.45, 7) is 26.8. The monoisotopic (exact) mass is 446 g/mol. The number of hydrogen-bond donors (Lipinski definition) is 1. The van der Waals surface area contributed by atoms with Gasteiger partial charge in [-0.1, -0.05) is 84.6 Å². The van der Waals surface area contributed by atoms with Crippen molar-refractivity contribution in [1.82, 2.24) is 0 Å². The van der Waals surface area contributed by atoms with E-state index in [1.165, 1.54) is 56.9 Å². The summed E-state index contributed by atoms with van der Waals surface area (Å²) in [4.78, 5) is 0. The van der Waals surface area contributed by atoms with Gasteiger partial charge in [-0.2, -0.15) is 0 Å². The molecular formula is C31H58O. The molecule has 1 nitrogen and oxygen atoms in total. The fraction of sp³-hybridized carbons (Fsp3) is 0.871. The van der Waals surface area contributed by atoms with Crippen LogP contribution in [0.3, 0.4) is 0 Å². The molecule has 0 amide bonds. The van der Waals surface area contributed by atoms with E-state index in [-0.39, 0.29) is 5.41 Å². The zero-order valence-electron chi connectivity index (χ0n) is 23.6. The quantitative estimate of drug-likeness (QED) is 0.261. The van der Waals surface area contributed by atoms with E-state index in [1.54, 1.807) is 5.57 Å². The fourth-order valence-corrected chi connectivity index (χ4v) is 6.89. The van der Waals surface area contributed by atoms with Crippen LogP contribution in [0, 0.1) is 34.5 Å². The van der Waals surface area contributed by atoms with Crippen molar-refractivity contribution in [3.8, 4) is 0 Å². The lowest BCUT2D eigenvalue weighted by Gasteiger charge is -2.51. The van der Waals surface area contributed by atoms with Gasteiger partial charge in [0, 0.05) is 0 Å². The summed E-state index contributed by atoms with van der Waals surface area (Å²) < 4.78 is 0. The first-order chi connectivity index (χ1) is 14.8. The SMILES string of the molecule is C=C(C)[C@](C)(CCC(C)C)[C@H]1CC[C@]2(C)[C@@H](CCCCC(C)(C)O)CC[C@H]2/C1=C/C.CC. The molecular weight excluding hydrogens is 388 g/mol. The standard InChI is InChI=1S/C29H52O.C2H6/c1-10-24-25-15-14-23(13-11-12-18-27(6,7)30)29(25,9)20-17-26(24)28(8,22(4)5)19-16-21(2)3;1-2/h10,21,23,25-26,30H,4,11-20H2,1-3,5-9H3;1-2H3/b24-10-;/t23-,25-,26-,28-,29+;/m0./s1. The molecule has 0 unspecified atom stereocenters. The van der Waals surface area contributed by atoms with Gasteiger partial charge >= 0.3 is 0 Å². The molecule has 0 spiro atoms. The van der Waals surface area contributed by atoms with E-state index < -0.39 is 5.60 Å². The molecule has 2 saturated carbocycles. The number of fused-ring (bicyclic) bond motifs is 1. The number of allylic oxidation sites excluding steroid dienone is 3. The van der Waals surface area contributed by atoms with Crippen molar-refractivity contribution in [2.24, 2.45) is 34.5 Å². The lowest BCUT2D eigenvalue weighted by molar-refractivity contribution is 0.0608. The third kappa shape index (κ3) is 6.97. The van der Waals surface area contributed by atoms with E-state index in [0.717, 1.165) is 30.6 Å². The Balaban J connectivity index is 0.00000249. The second-order valence-corrected chi connectivity index (χ2v) is 12.4. The molecule has 0 aromatic rings. The topological polar surface area (TPSA) is 20.2 Å². The van der Waals surface area contributed by atoms with E-state index in [0.29, 0.717) is 11.3 Å². The zero-order chi connectivity index (χ0) is 24.7. The van der Waals surface area contributed by atoms with E-state index in [4.69, 9.17) is 0 Å². The first-order valence-electron chi connectivity index (χ1n) is 13.9. The minimum Gasteiger partial charge on any atom is -0.390 e. The van der Waals surface area contributed by atoms with Crippen LogP contribution < -0.4 is 0 Å². The second kappa shape index (κ2) is 12.2. The molecule has 0 saturated heterocycles. The van der Waals surface area contributed by atoms with Gasteiger partial charge in [0.2, 0.25) is 0 Å². The molecule has 2 rings (SSSR count). The Morgan fingerprint density at radius 2 is 1.75 bits per heavy atom. The summed E-state index contributed by atoms with van der Waals surface area (Å²) in [6.07, 6.45) is 15.2. The van der Waals surface area contributed by atoms with Crippen LogP contribution in [-0.4, -0.2) is 10.7 Å². The van der Waals surface area contributed by atoms with Crippen molar-refractivity contribution in [3.05, 3.63) is 23.8 Å². The van der Waals surface area contributed by atoms with Gasteiger partial charge in [0.15, 0.2) is 0 Å². The van der Waals surface area contributed by atoms with Crippen molar-refractivity contribution < 1.29 is 5.11 Å². The maximum Gasteiger partial charge on any atom is 0.0591 e. The Morgan fingerprint density at radius 1 is 1.12 bits per heavy atom. The van der Waals surface area contributed by atoms with Crippen LogP contribution in [0.15, 0.2) is 23.8 Å². The summed E-state index contributed by atoms with van der Waals surface area (Å²) in [7, 11) is 0. The normalized spacial score (nSPS) is 31.1. The van der Waals surface area contributed by atoms with Crippen molar-refractivity contribution in [1.29, 1.82) is 0 Å². The molecule has 1 N–H and O–H groups in total. The minimum atomic E-state index is -0.513. The Bertz CT molecular complexity index is 606. The molecule has 0 aromatic heterocycles. The third-order valence-corrected chi connectivity index (χ3v) is 9.22. The molecule has 2 aliphatic rings. The van der Waals surface area contributed by atoms with Crippen LogP contribution >= 0.6 is 0 Å². The van der Waals surface area contributed by atoms with E-state index >= 15 is 0 Å². The predicted molar refractivity (Wildman–Crippen MR) is 144 cm³/mol. The molecule has 2 aliphatic carbocycles. The highest BCUT2D eigenvalue weighted by atomic mass is 16.3. The Hall–Kier alpha value is -0.560. The highest BCUT2D eigenvalue weighted by molar-refractivity contribution is 5.27. The van der Waals surface area contributed by atoms with Crippen molar-refractivity contribution in [2.45, 2.75) is 139 Å². The summed E-state index contributed by atoms with van der Waals surface area (Å²) in [5.74, 6) is 3.04. The molecule has 0 radical (unpaired) electrons. The second-order valence-electron chi connectivity index (χ2n) is 12.4. The summed E-state index contributed by atoms with van der Waals surface area (Å²) >= 11 is 0. The lowest BCUT2D eigenvalue weighted by atomic mass is 9.53. The van der Waals surface area contributed by atoms with Crippen molar-refractivity contribution in [3.63, 3.8) is 0 Å². The summed E-state index contributed by atoms with van der Waals surface area (Å²) in [5, 5.41) is 10.0. The van der Waals surface area contributed by atoms with E-state index in [2.05, 4.69) is 54.2 Å². The van der Waals surface area contributed by atoms with E-state index in [1.807, 2.05) is 27.7 Å². The lowest BCUT2D eigenvalue weighted by Crippen LogP contribution is -2.42. The molecule has 0 aromatic carbocycles. The fourth-order valence-electron chi connectivity index (χ4n) is 6.89. The Kier molecular flexibility index (Phi) is 11.3. The summed E-state index contributed by atoms with van der Waals surface area (Å²) in [6, 6.07) is 0. The Labute approximate surface area is 202 Å². The molecule has 0 aliphatic heterocycles. The maximum absolute atomic E-state index is 10.0. The number of hydrogen-bond acceptors (Lipinski definition) is 1. The largest absolute Gasteiger partial charge is 0.390 e. The van der Waals surface area contributed by atoms with Gasteiger partial charge in [-0.25, -0.2) is 0 Å². The third-order valence-electron chi connectivity index (χ3n) is 9.22. The number of rotatable bonds is 10. The molecule has 0 bridgehead atoms. The van der Waals surface area contributed by atoms with Crippen LogP contribution in [0.4, 0.5) is 0 Å². The smallest absolute Gasteiger partial charge is 0.0591 e. The predicted octanol–water partition coefficient (Wildman–Crippen LogP) is 9.75. The Morgan fingerprint density at radius 3 is 2.25 bits per heavy atom. The zero-order valence-corrected chi connectivity index (χ0v) is 23.6. The average Bonchev–Trinajstić information content (AvgIpc) is 3.05. The van der Waals surface area contributed by atoms with Crippen molar-refractivity contribution >= 4 is 0 Å². The molecule has 0 heterocycles. The van der Waals surface area contributed by atoms with E-state index in [9.17, 15) is 5.11 Å². The van der Waals surface area contributed by atoms with Crippen LogP contribution in [0.25, 0.3) is 0 Å². The first-order valence-corrected chi connectivity index (χ1v) is 13.9. The van der Waals surface area contributed by atoms with Gasteiger partial charge in [0.25, 0.3) is 0 Å². The van der Waals surface area contributed by atoms with Gasteiger partial charge in [0.1, 0.15) is 0 Å². The highest BCUT2D eigenvalue weighted by Gasteiger charge is 2.53. The molecule has 5 atom stereocenters. The molecule has 2 fully saturated rings. The average molecular weight is 447 g/mol. The van der Waals surface area contributed by atoms with Gasteiger partial charge < -0.3 is 5.11 Å². The van der Waals surface area contributed by atoms with Gasteiger partial charge in [0.05, 0.1) is 5.60 Å². The molecule has 1 heteroatoms.